The van der Waals surface area contributed by atoms with E-state index >= 15 is 0 Å². The van der Waals surface area contributed by atoms with E-state index in [1.54, 1.807) is 12.4 Å². The van der Waals surface area contributed by atoms with Crippen LogP contribution in [-0.2, 0) is 17.6 Å². The number of hydrogen-bond acceptors (Lipinski definition) is 9. The van der Waals surface area contributed by atoms with Crippen LogP contribution >= 0.6 is 11.6 Å². The number of hydrogen-bond donors (Lipinski definition) is 3. The van der Waals surface area contributed by atoms with Gasteiger partial charge in [0.1, 0.15) is 10.8 Å². The molecule has 1 saturated heterocycles. The number of aromatic nitrogens is 4. The Balaban J connectivity index is 1.17. The van der Waals surface area contributed by atoms with Crippen molar-refractivity contribution in [1.29, 1.82) is 0 Å². The Hall–Kier alpha value is -4.18. The zero-order chi connectivity index (χ0) is 26.8. The van der Waals surface area contributed by atoms with Crippen molar-refractivity contribution in [3.8, 4) is 0 Å². The van der Waals surface area contributed by atoms with E-state index in [1.165, 1.54) is 0 Å². The van der Waals surface area contributed by atoms with Crippen molar-refractivity contribution in [3.63, 3.8) is 0 Å². The summed E-state index contributed by atoms with van der Waals surface area (Å²) in [5, 5.41) is 14.2. The molecular weight excluding hydrogens is 516 g/mol. The van der Waals surface area contributed by atoms with Crippen LogP contribution in [0.15, 0.2) is 53.4 Å². The van der Waals surface area contributed by atoms with Gasteiger partial charge in [-0.2, -0.15) is 4.98 Å². The van der Waals surface area contributed by atoms with Crippen molar-refractivity contribution in [2.24, 2.45) is 5.92 Å². The zero-order valence-corrected chi connectivity index (χ0v) is 22.3. The summed E-state index contributed by atoms with van der Waals surface area (Å²) < 4.78 is 5.21. The minimum Gasteiger partial charge on any atom is -0.360 e. The number of amides is 1. The lowest BCUT2D eigenvalue weighted by molar-refractivity contribution is -0.117. The van der Waals surface area contributed by atoms with Crippen LogP contribution in [0.3, 0.4) is 0 Å². The van der Waals surface area contributed by atoms with Gasteiger partial charge in [0.25, 0.3) is 0 Å². The fraction of sp³-hybridized carbons (Fsp3) is 0.321. The molecule has 6 rings (SSSR count). The Kier molecular flexibility index (Phi) is 7.02. The fourth-order valence-corrected chi connectivity index (χ4v) is 5.22. The van der Waals surface area contributed by atoms with Gasteiger partial charge in [-0.15, -0.1) is 0 Å². The number of pyridine rings is 1. The highest BCUT2D eigenvalue weighted by Gasteiger charge is 2.24. The van der Waals surface area contributed by atoms with E-state index in [1.807, 2.05) is 43.5 Å². The zero-order valence-electron chi connectivity index (χ0n) is 21.6. The van der Waals surface area contributed by atoms with E-state index in [0.29, 0.717) is 29.1 Å². The monoisotopic (exact) mass is 544 g/mol. The number of rotatable bonds is 4. The van der Waals surface area contributed by atoms with E-state index in [-0.39, 0.29) is 5.91 Å². The molecule has 0 saturated carbocycles. The van der Waals surface area contributed by atoms with Gasteiger partial charge in [-0.05, 0) is 73.9 Å². The number of benzene rings is 1. The first-order chi connectivity index (χ1) is 19.0. The summed E-state index contributed by atoms with van der Waals surface area (Å²) >= 11 is 6.37. The normalized spacial score (nSPS) is 15.3. The first kappa shape index (κ1) is 25.1. The van der Waals surface area contributed by atoms with Gasteiger partial charge in [-0.25, -0.2) is 4.98 Å². The van der Waals surface area contributed by atoms with Crippen molar-refractivity contribution in [3.05, 3.63) is 70.8 Å². The Bertz CT molecular complexity index is 1500. The average molecular weight is 545 g/mol. The fourth-order valence-electron chi connectivity index (χ4n) is 5.08. The van der Waals surface area contributed by atoms with Crippen LogP contribution < -0.4 is 20.9 Å². The molecule has 2 aliphatic heterocycles. The summed E-state index contributed by atoms with van der Waals surface area (Å²) in [5.41, 5.74) is 4.53. The molecule has 1 amide bonds. The van der Waals surface area contributed by atoms with E-state index in [2.05, 4.69) is 41.0 Å². The van der Waals surface area contributed by atoms with Crippen LogP contribution in [0.1, 0.15) is 36.1 Å². The minimum absolute atomic E-state index is 0.0296. The maximum Gasteiger partial charge on any atom is 0.229 e. The number of anilines is 6. The molecule has 0 aliphatic carbocycles. The van der Waals surface area contributed by atoms with Crippen molar-refractivity contribution < 1.29 is 9.32 Å². The number of carbonyl (C=O) groups excluding carboxylic acids is 1. The lowest BCUT2D eigenvalue weighted by Crippen LogP contribution is -2.35. The summed E-state index contributed by atoms with van der Waals surface area (Å²) in [5.74, 6) is 2.96. The smallest absolute Gasteiger partial charge is 0.229 e. The van der Waals surface area contributed by atoms with Gasteiger partial charge >= 0.3 is 0 Å². The predicted molar refractivity (Wildman–Crippen MR) is 151 cm³/mol. The van der Waals surface area contributed by atoms with Gasteiger partial charge in [0.15, 0.2) is 11.6 Å². The number of halogens is 1. The minimum atomic E-state index is 0.0296. The second kappa shape index (κ2) is 10.9. The highest BCUT2D eigenvalue weighted by molar-refractivity contribution is 6.32. The molecule has 3 N–H and O–H groups in total. The van der Waals surface area contributed by atoms with Crippen LogP contribution in [0.25, 0.3) is 0 Å². The van der Waals surface area contributed by atoms with Crippen LogP contribution in [-0.4, -0.2) is 39.1 Å². The van der Waals surface area contributed by atoms with Crippen molar-refractivity contribution >= 4 is 52.2 Å². The Morgan fingerprint density at radius 3 is 2.79 bits per heavy atom. The third kappa shape index (κ3) is 5.96. The number of piperidine rings is 1. The van der Waals surface area contributed by atoms with Crippen LogP contribution in [0.2, 0.25) is 5.02 Å². The molecule has 5 heterocycles. The molecule has 0 radical (unpaired) electrons. The van der Waals surface area contributed by atoms with Gasteiger partial charge in [0.05, 0.1) is 18.1 Å². The van der Waals surface area contributed by atoms with Crippen molar-refractivity contribution in [2.45, 2.75) is 39.0 Å². The molecule has 1 fully saturated rings. The lowest BCUT2D eigenvalue weighted by Gasteiger charge is -2.31. The molecule has 0 unspecified atom stereocenters. The quantitative estimate of drug-likeness (QED) is 0.299. The number of nitrogens with zero attached hydrogens (tertiary/aromatic N) is 5. The summed E-state index contributed by atoms with van der Waals surface area (Å²) in [7, 11) is 0. The number of aryl methyl sites for hydroxylation is 3. The molecule has 11 heteroatoms. The lowest BCUT2D eigenvalue weighted by atomic mass is 9.93. The average Bonchev–Trinajstić information content (AvgIpc) is 3.37. The summed E-state index contributed by atoms with van der Waals surface area (Å²) in [6.45, 7) is 3.63. The third-order valence-corrected chi connectivity index (χ3v) is 7.42. The molecule has 0 atom stereocenters. The van der Waals surface area contributed by atoms with Crippen molar-refractivity contribution in [2.75, 3.05) is 33.9 Å². The molecular formula is C28H29ClN8O2. The van der Waals surface area contributed by atoms with Gasteiger partial charge in [-0.1, -0.05) is 16.8 Å². The Morgan fingerprint density at radius 1 is 1.10 bits per heavy atom. The largest absolute Gasteiger partial charge is 0.360 e. The molecule has 10 nitrogen and oxygen atoms in total. The van der Waals surface area contributed by atoms with Crippen LogP contribution in [0.5, 0.6) is 0 Å². The molecule has 3 aromatic heterocycles. The van der Waals surface area contributed by atoms with Gasteiger partial charge in [0, 0.05) is 43.1 Å². The van der Waals surface area contributed by atoms with E-state index in [4.69, 9.17) is 16.1 Å². The van der Waals surface area contributed by atoms with Crippen molar-refractivity contribution in [1.82, 2.24) is 20.1 Å². The highest BCUT2D eigenvalue weighted by atomic mass is 35.5. The van der Waals surface area contributed by atoms with Crippen LogP contribution in [0, 0.1) is 12.8 Å². The number of nitrogens with one attached hydrogen (secondary N) is 3. The van der Waals surface area contributed by atoms with E-state index in [9.17, 15) is 4.79 Å². The first-order valence-electron chi connectivity index (χ1n) is 13.1. The molecule has 200 valence electrons. The van der Waals surface area contributed by atoms with Crippen LogP contribution in [0.4, 0.5) is 34.6 Å². The van der Waals surface area contributed by atoms with Gasteiger partial charge in [0.2, 0.25) is 11.9 Å². The maximum atomic E-state index is 13.1. The molecule has 1 aromatic carbocycles. The Morgan fingerprint density at radius 2 is 1.97 bits per heavy atom. The van der Waals surface area contributed by atoms with Gasteiger partial charge in [-0.3, -0.25) is 9.78 Å². The van der Waals surface area contributed by atoms with Gasteiger partial charge < -0.3 is 25.4 Å². The topological polar surface area (TPSA) is 121 Å². The SMILES string of the molecule is Cc1cc(N2CCC(CC(=O)Nc3ccc4cc3CCc3cncc(c3)Nc3ncc(Cl)c(n3)N4)CC2)no1. The first-order valence-corrected chi connectivity index (χ1v) is 13.5. The second-order valence-corrected chi connectivity index (χ2v) is 10.5. The summed E-state index contributed by atoms with van der Waals surface area (Å²) in [4.78, 5) is 28.5. The van der Waals surface area contributed by atoms with E-state index in [0.717, 1.165) is 78.5 Å². The number of carbonyl (C=O) groups is 1. The molecule has 2 aliphatic rings. The standard InChI is InChI=1S/C28H29ClN8O2/c1-17-10-25(36-39-17)37-8-6-18(7-9-37)12-26(38)34-24-5-4-21-13-20(24)3-2-19-11-22(15-30-14-19)33-28-31-16-23(29)27(32-21)35-28/h4-5,10-11,13-16,18H,2-3,6-9,12H2,1H3,(H,34,38)(H2,31,32,33,35). The highest BCUT2D eigenvalue weighted by Crippen LogP contribution is 2.30. The Labute approximate surface area is 231 Å². The summed E-state index contributed by atoms with van der Waals surface area (Å²) in [6.07, 6.45) is 8.99. The maximum absolute atomic E-state index is 13.1. The molecule has 39 heavy (non-hydrogen) atoms. The molecule has 4 aromatic rings. The van der Waals surface area contributed by atoms with E-state index < -0.39 is 0 Å². The molecule has 0 spiro atoms. The molecule has 6 bridgehead atoms. The summed E-state index contributed by atoms with van der Waals surface area (Å²) in [6, 6.07) is 9.88. The second-order valence-electron chi connectivity index (χ2n) is 10.1. The predicted octanol–water partition coefficient (Wildman–Crippen LogP) is 5.65. The third-order valence-electron chi connectivity index (χ3n) is 7.15. The number of fused-ring (bicyclic) bond motifs is 6.